The van der Waals surface area contributed by atoms with Gasteiger partial charge in [0.05, 0.1) is 17.7 Å². The summed E-state index contributed by atoms with van der Waals surface area (Å²) in [5.41, 5.74) is -2.54. The number of phenols is 2. The summed E-state index contributed by atoms with van der Waals surface area (Å²) in [4.78, 5) is 63.3. The van der Waals surface area contributed by atoms with E-state index in [1.807, 2.05) is 0 Å². The average molecular weight is 495 g/mol. The number of carbonyl (C=O) groups excluding carboxylic acids is 3. The molecule has 1 aliphatic carbocycles. The Labute approximate surface area is 204 Å². The molecule has 2 aliphatic rings. The summed E-state index contributed by atoms with van der Waals surface area (Å²) in [6.07, 6.45) is 1.12. The molecule has 0 fully saturated rings. The lowest BCUT2D eigenvalue weighted by atomic mass is 9.70. The number of ketones is 3. The van der Waals surface area contributed by atoms with E-state index in [0.29, 0.717) is 5.69 Å². The quantitative estimate of drug-likeness (QED) is 0.316. The van der Waals surface area contributed by atoms with Gasteiger partial charge < -0.3 is 20.3 Å². The molecule has 0 spiro atoms. The topological polar surface area (TPSA) is 157 Å². The van der Waals surface area contributed by atoms with Crippen LogP contribution in [0.4, 0.5) is 0 Å². The second-order valence-electron chi connectivity index (χ2n) is 9.11. The molecule has 0 saturated carbocycles. The Balaban J connectivity index is 1.82. The largest absolute Gasteiger partial charge is 0.507 e. The van der Waals surface area contributed by atoms with E-state index in [9.17, 15) is 34.2 Å². The first-order valence-corrected chi connectivity index (χ1v) is 11.0. The lowest BCUT2D eigenvalue weighted by Gasteiger charge is -2.29. The van der Waals surface area contributed by atoms with E-state index in [0.717, 1.165) is 10.6 Å². The summed E-state index contributed by atoms with van der Waals surface area (Å²) >= 11 is 0. The van der Waals surface area contributed by atoms with Crippen LogP contribution in [0.3, 0.4) is 0 Å². The van der Waals surface area contributed by atoms with Crippen LogP contribution in [0.15, 0.2) is 38.8 Å². The van der Waals surface area contributed by atoms with Gasteiger partial charge in [0.25, 0.3) is 5.56 Å². The molecule has 11 nitrogen and oxygen atoms in total. The third kappa shape index (κ3) is 3.23. The molecular formula is C25H25N3O8. The highest BCUT2D eigenvalue weighted by molar-refractivity contribution is 6.31. The van der Waals surface area contributed by atoms with Crippen LogP contribution in [-0.2, 0) is 35.6 Å². The highest BCUT2D eigenvalue weighted by atomic mass is 16.5. The Hall–Kier alpha value is -4.41. The molecule has 1 aliphatic heterocycles. The summed E-state index contributed by atoms with van der Waals surface area (Å²) in [5, 5.41) is 24.2. The standard InChI is InChI=1S/C25H25N3O8/c1-10-20(32)18(12(3)29)22-19(21(10)33)25(4)15(36-22)8-14(30)17(23(25)34)11(2)26-9-13-7-16(31)28(6)24(35)27(13)5/h7-8,26,32-33H,9H2,1-6H3/b17-11+/t25-/m0/s1. The smallest absolute Gasteiger partial charge is 0.330 e. The summed E-state index contributed by atoms with van der Waals surface area (Å²) in [6.45, 7) is 5.57. The number of benzene rings is 1. The molecule has 0 saturated heterocycles. The van der Waals surface area contributed by atoms with Crippen LogP contribution in [0.1, 0.15) is 48.0 Å². The first-order valence-electron chi connectivity index (χ1n) is 11.0. The molecule has 11 heteroatoms. The van der Waals surface area contributed by atoms with Gasteiger partial charge in [-0.1, -0.05) is 0 Å². The molecule has 2 aromatic rings. The summed E-state index contributed by atoms with van der Waals surface area (Å²) in [6, 6.07) is 1.27. The lowest BCUT2D eigenvalue weighted by molar-refractivity contribution is -0.123. The number of carbonyl (C=O) groups is 3. The number of fused-ring (bicyclic) bond motifs is 3. The van der Waals surface area contributed by atoms with Crippen molar-refractivity contribution < 1.29 is 29.3 Å². The van der Waals surface area contributed by atoms with E-state index in [1.165, 1.54) is 52.4 Å². The van der Waals surface area contributed by atoms with Crippen LogP contribution < -0.4 is 21.3 Å². The van der Waals surface area contributed by atoms with Crippen molar-refractivity contribution in [3.63, 3.8) is 0 Å². The molecule has 36 heavy (non-hydrogen) atoms. The van der Waals surface area contributed by atoms with Gasteiger partial charge in [-0.25, -0.2) is 4.79 Å². The van der Waals surface area contributed by atoms with Crippen molar-refractivity contribution in [3.05, 3.63) is 72.4 Å². The van der Waals surface area contributed by atoms with E-state index in [-0.39, 0.29) is 46.0 Å². The predicted molar refractivity (Wildman–Crippen MR) is 127 cm³/mol. The normalized spacial score (nSPS) is 19.9. The molecule has 4 rings (SSSR count). The maximum absolute atomic E-state index is 13.8. The highest BCUT2D eigenvalue weighted by Gasteiger charge is 2.56. The van der Waals surface area contributed by atoms with E-state index in [1.54, 1.807) is 0 Å². The summed E-state index contributed by atoms with van der Waals surface area (Å²) in [7, 11) is 2.85. The van der Waals surface area contributed by atoms with Crippen LogP contribution in [-0.4, -0.2) is 36.7 Å². The van der Waals surface area contributed by atoms with Crippen molar-refractivity contribution in [2.45, 2.75) is 39.7 Å². The number of phenolic OH excluding ortho intramolecular Hbond substituents is 2. The third-order valence-corrected chi connectivity index (χ3v) is 6.92. The Morgan fingerprint density at radius 3 is 2.33 bits per heavy atom. The zero-order valence-corrected chi connectivity index (χ0v) is 20.6. The van der Waals surface area contributed by atoms with E-state index >= 15 is 0 Å². The van der Waals surface area contributed by atoms with Crippen molar-refractivity contribution in [2.24, 2.45) is 14.1 Å². The van der Waals surface area contributed by atoms with Gasteiger partial charge in [0.1, 0.15) is 34.0 Å². The molecule has 1 aromatic heterocycles. The van der Waals surface area contributed by atoms with Gasteiger partial charge in [-0.2, -0.15) is 0 Å². The molecule has 1 atom stereocenters. The molecule has 188 valence electrons. The number of nitrogens with one attached hydrogen (secondary N) is 1. The minimum Gasteiger partial charge on any atom is -0.507 e. The highest BCUT2D eigenvalue weighted by Crippen LogP contribution is 2.57. The van der Waals surface area contributed by atoms with E-state index in [2.05, 4.69) is 5.32 Å². The summed E-state index contributed by atoms with van der Waals surface area (Å²) in [5.74, 6) is -2.99. The van der Waals surface area contributed by atoms with Crippen LogP contribution in [0.2, 0.25) is 0 Å². The number of hydrogen-bond donors (Lipinski definition) is 3. The van der Waals surface area contributed by atoms with Crippen LogP contribution in [0.25, 0.3) is 0 Å². The van der Waals surface area contributed by atoms with Crippen molar-refractivity contribution in [3.8, 4) is 17.2 Å². The number of allylic oxidation sites excluding steroid dienone is 4. The lowest BCUT2D eigenvalue weighted by Crippen LogP contribution is -2.41. The van der Waals surface area contributed by atoms with Crippen LogP contribution in [0, 0.1) is 6.92 Å². The molecule has 0 amide bonds. The second-order valence-corrected chi connectivity index (χ2v) is 9.11. The van der Waals surface area contributed by atoms with Gasteiger partial charge in [-0.15, -0.1) is 0 Å². The molecule has 0 unspecified atom stereocenters. The number of hydrogen-bond acceptors (Lipinski definition) is 9. The third-order valence-electron chi connectivity index (χ3n) is 6.92. The maximum atomic E-state index is 13.8. The number of ether oxygens (including phenoxy) is 1. The molecule has 3 N–H and O–H groups in total. The second kappa shape index (κ2) is 8.08. The number of rotatable bonds is 4. The fourth-order valence-corrected chi connectivity index (χ4v) is 4.62. The molecule has 2 heterocycles. The molecular weight excluding hydrogens is 470 g/mol. The number of aromatic nitrogens is 2. The summed E-state index contributed by atoms with van der Waals surface area (Å²) < 4.78 is 7.96. The molecule has 0 bridgehead atoms. The van der Waals surface area contributed by atoms with Crippen LogP contribution >= 0.6 is 0 Å². The van der Waals surface area contributed by atoms with E-state index < -0.39 is 45.5 Å². The first kappa shape index (κ1) is 24.7. The van der Waals surface area contributed by atoms with Gasteiger partial charge in [-0.05, 0) is 27.7 Å². The van der Waals surface area contributed by atoms with Crippen molar-refractivity contribution in [1.82, 2.24) is 14.5 Å². The maximum Gasteiger partial charge on any atom is 0.330 e. The van der Waals surface area contributed by atoms with E-state index in [4.69, 9.17) is 4.74 Å². The minimum absolute atomic E-state index is 0.00155. The van der Waals surface area contributed by atoms with Crippen molar-refractivity contribution in [1.29, 1.82) is 0 Å². The molecule has 0 radical (unpaired) electrons. The molecule has 1 aromatic carbocycles. The first-order chi connectivity index (χ1) is 16.7. The number of Topliss-reactive ketones (excluding diaryl/α,β-unsaturated/α-hetero) is 2. The van der Waals surface area contributed by atoms with Gasteiger partial charge in [-0.3, -0.25) is 28.3 Å². The monoisotopic (exact) mass is 495 g/mol. The Morgan fingerprint density at radius 1 is 1.08 bits per heavy atom. The fraction of sp³-hybridized carbons (Fsp3) is 0.320. The zero-order chi connectivity index (χ0) is 26.9. The Morgan fingerprint density at radius 2 is 1.72 bits per heavy atom. The zero-order valence-electron chi connectivity index (χ0n) is 20.6. The SMILES string of the molecule is CC(=O)c1c(O)c(C)c(O)c2c1OC1=CC(=O)/C(=C(/C)NCc3cc(=O)n(C)c(=O)n3C)C(=O)[C@@]12C. The number of aromatic hydroxyl groups is 2. The van der Waals surface area contributed by atoms with Crippen LogP contribution in [0.5, 0.6) is 17.2 Å². The minimum atomic E-state index is -1.64. The Bertz CT molecular complexity index is 1590. The van der Waals surface area contributed by atoms with Gasteiger partial charge in [0.2, 0.25) is 0 Å². The predicted octanol–water partition coefficient (Wildman–Crippen LogP) is 0.756. The van der Waals surface area contributed by atoms with Crippen molar-refractivity contribution in [2.75, 3.05) is 0 Å². The van der Waals surface area contributed by atoms with Gasteiger partial charge in [0.15, 0.2) is 17.3 Å². The Kier molecular flexibility index (Phi) is 5.54. The number of nitrogens with zero attached hydrogens (tertiary/aromatic N) is 2. The van der Waals surface area contributed by atoms with Crippen molar-refractivity contribution >= 4 is 17.3 Å². The average Bonchev–Trinajstić information content (AvgIpc) is 3.10. The fourth-order valence-electron chi connectivity index (χ4n) is 4.62. The van der Waals surface area contributed by atoms with Gasteiger partial charge in [0, 0.05) is 43.2 Å². The van der Waals surface area contributed by atoms with Gasteiger partial charge >= 0.3 is 5.69 Å².